The van der Waals surface area contributed by atoms with Gasteiger partial charge in [-0.3, -0.25) is 4.90 Å². The molecule has 2 aliphatic rings. The van der Waals surface area contributed by atoms with Crippen molar-refractivity contribution in [1.82, 2.24) is 9.80 Å². The molecule has 0 saturated heterocycles. The van der Waals surface area contributed by atoms with Crippen LogP contribution in [-0.2, 0) is 0 Å². The molecule has 156 valence electrons. The smallest absolute Gasteiger partial charge is 0.0227 e. The monoisotopic (exact) mass is 366 g/mol. The van der Waals surface area contributed by atoms with Crippen LogP contribution in [0.5, 0.6) is 0 Å². The first kappa shape index (κ1) is 27.5. The standard InChI is InChI=1S/2C8H15N.2C4H10/c2*1-8(2)9-6-4-3-5-7-9;2*1-4(2)3/h4,6,8H,3,5,7H2,1-2H3;3-4,8H,5-7H2,1-2H3;2*4H,1-3H3. The summed E-state index contributed by atoms with van der Waals surface area (Å²) in [5, 5.41) is 0. The largest absolute Gasteiger partial charge is 0.375 e. The zero-order chi connectivity index (χ0) is 20.5. The van der Waals surface area contributed by atoms with Crippen LogP contribution in [0.2, 0.25) is 0 Å². The van der Waals surface area contributed by atoms with Gasteiger partial charge in [0.25, 0.3) is 0 Å². The van der Waals surface area contributed by atoms with Gasteiger partial charge in [0.05, 0.1) is 0 Å². The van der Waals surface area contributed by atoms with Crippen molar-refractivity contribution in [3.63, 3.8) is 0 Å². The highest BCUT2D eigenvalue weighted by Gasteiger charge is 2.08. The van der Waals surface area contributed by atoms with Gasteiger partial charge in [0.2, 0.25) is 0 Å². The highest BCUT2D eigenvalue weighted by Crippen LogP contribution is 2.08. The van der Waals surface area contributed by atoms with Crippen molar-refractivity contribution in [2.75, 3.05) is 19.6 Å². The van der Waals surface area contributed by atoms with Crippen molar-refractivity contribution in [3.8, 4) is 0 Å². The Morgan fingerprint density at radius 3 is 1.38 bits per heavy atom. The molecule has 2 aliphatic heterocycles. The van der Waals surface area contributed by atoms with Crippen molar-refractivity contribution in [2.45, 2.75) is 101 Å². The van der Waals surface area contributed by atoms with Gasteiger partial charge in [0.1, 0.15) is 0 Å². The molecule has 2 rings (SSSR count). The molecule has 0 N–H and O–H groups in total. The summed E-state index contributed by atoms with van der Waals surface area (Å²) in [6.07, 6.45) is 12.8. The van der Waals surface area contributed by atoms with Crippen LogP contribution in [0.4, 0.5) is 0 Å². The first-order chi connectivity index (χ1) is 12.1. The summed E-state index contributed by atoms with van der Waals surface area (Å²) in [5.74, 6) is 1.67. The second kappa shape index (κ2) is 17.6. The summed E-state index contributed by atoms with van der Waals surface area (Å²) in [6.45, 7) is 25.6. The van der Waals surface area contributed by atoms with Crippen LogP contribution in [-0.4, -0.2) is 41.5 Å². The Morgan fingerprint density at radius 2 is 1.15 bits per heavy atom. The van der Waals surface area contributed by atoms with Crippen molar-refractivity contribution in [1.29, 1.82) is 0 Å². The lowest BCUT2D eigenvalue weighted by Crippen LogP contribution is -2.33. The fraction of sp³-hybridized carbons (Fsp3) is 0.833. The minimum atomic E-state index is 0.682. The molecule has 0 unspecified atom stereocenters. The molecule has 0 aromatic rings. The number of nitrogens with zero attached hydrogens (tertiary/aromatic N) is 2. The van der Waals surface area contributed by atoms with Gasteiger partial charge >= 0.3 is 0 Å². The first-order valence-electron chi connectivity index (χ1n) is 10.9. The van der Waals surface area contributed by atoms with Crippen molar-refractivity contribution < 1.29 is 0 Å². The summed E-state index contributed by atoms with van der Waals surface area (Å²) in [6, 6.07) is 1.40. The summed E-state index contributed by atoms with van der Waals surface area (Å²) < 4.78 is 0. The summed E-state index contributed by atoms with van der Waals surface area (Å²) in [4.78, 5) is 4.85. The van der Waals surface area contributed by atoms with Gasteiger partial charge in [0, 0.05) is 31.7 Å². The molecule has 0 atom stereocenters. The molecule has 26 heavy (non-hydrogen) atoms. The van der Waals surface area contributed by atoms with E-state index in [0.717, 1.165) is 24.4 Å². The Morgan fingerprint density at radius 1 is 0.615 bits per heavy atom. The third-order valence-corrected chi connectivity index (χ3v) is 3.57. The molecule has 2 heteroatoms. The topological polar surface area (TPSA) is 6.48 Å². The lowest BCUT2D eigenvalue weighted by Gasteiger charge is -2.27. The molecule has 0 fully saturated rings. The summed E-state index contributed by atoms with van der Waals surface area (Å²) >= 11 is 0. The zero-order valence-electron chi connectivity index (χ0n) is 19.8. The fourth-order valence-electron chi connectivity index (χ4n) is 2.23. The molecule has 0 bridgehead atoms. The zero-order valence-corrected chi connectivity index (χ0v) is 19.8. The van der Waals surface area contributed by atoms with Crippen LogP contribution in [0.3, 0.4) is 0 Å². The highest BCUT2D eigenvalue weighted by atomic mass is 15.1. The molecule has 0 aromatic heterocycles. The summed E-state index contributed by atoms with van der Waals surface area (Å²) in [5.41, 5.74) is 0. The molecule has 0 aromatic carbocycles. The molecule has 0 radical (unpaired) electrons. The Kier molecular flexibility index (Phi) is 18.6. The molecular weight excluding hydrogens is 316 g/mol. The van der Waals surface area contributed by atoms with Crippen LogP contribution < -0.4 is 0 Å². The first-order valence-corrected chi connectivity index (χ1v) is 10.9. The second-order valence-electron chi connectivity index (χ2n) is 9.17. The van der Waals surface area contributed by atoms with Gasteiger partial charge in [-0.25, -0.2) is 0 Å². The van der Waals surface area contributed by atoms with E-state index in [1.807, 2.05) is 0 Å². The van der Waals surface area contributed by atoms with E-state index in [9.17, 15) is 0 Å². The van der Waals surface area contributed by atoms with Crippen LogP contribution in [0, 0.1) is 11.8 Å². The minimum absolute atomic E-state index is 0.682. The third kappa shape index (κ3) is 21.3. The normalized spacial score (nSPS) is 16.8. The van der Waals surface area contributed by atoms with Gasteiger partial charge in [-0.1, -0.05) is 59.8 Å². The predicted molar refractivity (Wildman–Crippen MR) is 122 cm³/mol. The van der Waals surface area contributed by atoms with Crippen molar-refractivity contribution in [3.05, 3.63) is 24.4 Å². The summed E-state index contributed by atoms with van der Waals surface area (Å²) in [7, 11) is 0. The van der Waals surface area contributed by atoms with E-state index in [2.05, 4.69) is 103 Å². The number of rotatable bonds is 2. The van der Waals surface area contributed by atoms with Gasteiger partial charge in [0.15, 0.2) is 0 Å². The van der Waals surface area contributed by atoms with Gasteiger partial charge in [-0.05, 0) is 65.0 Å². The molecule has 0 amide bonds. The van der Waals surface area contributed by atoms with E-state index in [4.69, 9.17) is 0 Å². The van der Waals surface area contributed by atoms with E-state index in [1.165, 1.54) is 32.4 Å². The van der Waals surface area contributed by atoms with Crippen LogP contribution in [0.1, 0.15) is 88.5 Å². The molecule has 0 saturated carbocycles. The molecule has 0 spiro atoms. The number of hydrogen-bond donors (Lipinski definition) is 0. The lowest BCUT2D eigenvalue weighted by atomic mass is 10.2. The van der Waals surface area contributed by atoms with Crippen LogP contribution in [0.15, 0.2) is 24.4 Å². The second-order valence-corrected chi connectivity index (χ2v) is 9.17. The van der Waals surface area contributed by atoms with Crippen LogP contribution >= 0.6 is 0 Å². The maximum absolute atomic E-state index is 2.47. The average molecular weight is 367 g/mol. The highest BCUT2D eigenvalue weighted by molar-refractivity contribution is 4.91. The van der Waals surface area contributed by atoms with E-state index in [0.29, 0.717) is 6.04 Å². The maximum atomic E-state index is 2.47. The Hall–Kier alpha value is -0.760. The molecule has 2 nitrogen and oxygen atoms in total. The van der Waals surface area contributed by atoms with Gasteiger partial charge < -0.3 is 4.90 Å². The minimum Gasteiger partial charge on any atom is -0.375 e. The Balaban J connectivity index is 0. The predicted octanol–water partition coefficient (Wildman–Crippen LogP) is 6.99. The quantitative estimate of drug-likeness (QED) is 0.486. The van der Waals surface area contributed by atoms with E-state index < -0.39 is 0 Å². The average Bonchev–Trinajstić information content (AvgIpc) is 2.56. The van der Waals surface area contributed by atoms with E-state index in [1.54, 1.807) is 0 Å². The van der Waals surface area contributed by atoms with E-state index >= 15 is 0 Å². The van der Waals surface area contributed by atoms with Crippen molar-refractivity contribution in [2.24, 2.45) is 11.8 Å². The van der Waals surface area contributed by atoms with Crippen molar-refractivity contribution >= 4 is 0 Å². The fourth-order valence-corrected chi connectivity index (χ4v) is 2.23. The number of hydrogen-bond acceptors (Lipinski definition) is 2. The number of allylic oxidation sites excluding steroid dienone is 1. The molecule has 0 aliphatic carbocycles. The van der Waals surface area contributed by atoms with Crippen LogP contribution in [0.25, 0.3) is 0 Å². The van der Waals surface area contributed by atoms with Gasteiger partial charge in [-0.2, -0.15) is 0 Å². The maximum Gasteiger partial charge on any atom is 0.0227 e. The molecular formula is C24H50N2. The third-order valence-electron chi connectivity index (χ3n) is 3.57. The SMILES string of the molecule is CC(C)C.CC(C)C.CC(C)N1C=CCCC1.CC(C)N1CC=CCC1. The van der Waals surface area contributed by atoms with E-state index in [-0.39, 0.29) is 0 Å². The van der Waals surface area contributed by atoms with Gasteiger partial charge in [-0.15, -0.1) is 0 Å². The molecule has 2 heterocycles. The Bertz CT molecular complexity index is 329. The lowest BCUT2D eigenvalue weighted by molar-refractivity contribution is 0.243. The Labute approximate surface area is 166 Å².